The minimum absolute atomic E-state index is 0.917. The zero-order valence-electron chi connectivity index (χ0n) is 3.08. The predicted octanol–water partition coefficient (Wildman–Crippen LogP) is 1.39. The number of hydrogen-bond acceptors (Lipinski definition) is 0. The van der Waals surface area contributed by atoms with Gasteiger partial charge in [0.2, 0.25) is 6.58 Å². The average Bonchev–Trinajstić information content (AvgIpc) is 0.811. The second-order valence-electron chi connectivity index (χ2n) is 1.08. The van der Waals surface area contributed by atoms with Gasteiger partial charge >= 0.3 is 0 Å². The van der Waals surface area contributed by atoms with E-state index in [9.17, 15) is 0 Å². The van der Waals surface area contributed by atoms with Crippen LogP contribution < -0.4 is 0 Å². The highest BCUT2D eigenvalue weighted by Crippen LogP contribution is 1.73. The summed E-state index contributed by atoms with van der Waals surface area (Å²) in [6, 6.07) is 0. The van der Waals surface area contributed by atoms with Crippen LogP contribution in [0.3, 0.4) is 0 Å². The standard InChI is InChI=1S/C4H7/c1-4(2)3/h1H,2-3H3/q+1. The van der Waals surface area contributed by atoms with Crippen LogP contribution in [0.15, 0.2) is 5.57 Å². The molecule has 0 radical (unpaired) electrons. The van der Waals surface area contributed by atoms with Gasteiger partial charge in [0.1, 0.15) is 0 Å². The number of rotatable bonds is 0. The number of allylic oxidation sites excluding steroid dienone is 1. The molecule has 22 valence electrons. The second kappa shape index (κ2) is 1.03. The first kappa shape index (κ1) is 3.65. The van der Waals surface area contributed by atoms with Crippen LogP contribution in [0.4, 0.5) is 0 Å². The molecule has 0 spiro atoms. The summed E-state index contributed by atoms with van der Waals surface area (Å²) in [5.41, 5.74) is 0.917. The maximum Gasteiger partial charge on any atom is 0.204 e. The zero-order chi connectivity index (χ0) is 3.58. The lowest BCUT2D eigenvalue weighted by atomic mass is 10.4. The maximum absolute atomic E-state index is 5.03. The van der Waals surface area contributed by atoms with Crippen molar-refractivity contribution < 1.29 is 0 Å². The number of hydrogen-bond donors (Lipinski definition) is 0. The normalized spacial score (nSPS) is 6.25. The maximum atomic E-state index is 5.03. The Balaban J connectivity index is 2.80. The van der Waals surface area contributed by atoms with Gasteiger partial charge in [-0.25, -0.2) is 0 Å². The molecule has 0 heteroatoms. The lowest BCUT2D eigenvalue weighted by Gasteiger charge is -1.48. The molecule has 0 unspecified atom stereocenters. The molecule has 0 bridgehead atoms. The van der Waals surface area contributed by atoms with Gasteiger partial charge < -0.3 is 0 Å². The van der Waals surface area contributed by atoms with Crippen LogP contribution in [0, 0.1) is 6.58 Å². The Morgan fingerprint density at radius 3 is 1.50 bits per heavy atom. The molecule has 0 N–H and O–H groups in total. The summed E-state index contributed by atoms with van der Waals surface area (Å²) in [6.45, 7) is 8.75. The van der Waals surface area contributed by atoms with Crippen molar-refractivity contribution in [2.75, 3.05) is 0 Å². The van der Waals surface area contributed by atoms with Crippen molar-refractivity contribution in [3.8, 4) is 0 Å². The fourth-order valence-electron chi connectivity index (χ4n) is 0. The van der Waals surface area contributed by atoms with Gasteiger partial charge in [-0.1, -0.05) is 0 Å². The summed E-state index contributed by atoms with van der Waals surface area (Å²) in [5.74, 6) is 0. The van der Waals surface area contributed by atoms with E-state index in [0.717, 1.165) is 5.57 Å². The summed E-state index contributed by atoms with van der Waals surface area (Å²) >= 11 is 0. The van der Waals surface area contributed by atoms with E-state index in [1.807, 2.05) is 13.8 Å². The molecule has 0 nitrogen and oxygen atoms in total. The Hall–Kier alpha value is -0.350. The van der Waals surface area contributed by atoms with E-state index < -0.39 is 0 Å². The minimum Gasteiger partial charge on any atom is 0.00595 e. The molecule has 0 amide bonds. The van der Waals surface area contributed by atoms with Crippen molar-refractivity contribution in [1.82, 2.24) is 0 Å². The highest BCUT2D eigenvalue weighted by atomic mass is 13.6. The van der Waals surface area contributed by atoms with Crippen LogP contribution in [0.25, 0.3) is 0 Å². The summed E-state index contributed by atoms with van der Waals surface area (Å²) in [6.07, 6.45) is 0. The molecule has 0 aliphatic rings. The van der Waals surface area contributed by atoms with Crippen LogP contribution >= 0.6 is 0 Å². The monoisotopic (exact) mass is 55.1 g/mol. The first-order valence-corrected chi connectivity index (χ1v) is 1.29. The molecule has 0 aromatic heterocycles. The SMILES string of the molecule is [CH+]=C(C)C. The highest BCUT2D eigenvalue weighted by Gasteiger charge is 1.69. The van der Waals surface area contributed by atoms with E-state index >= 15 is 0 Å². The van der Waals surface area contributed by atoms with Gasteiger partial charge in [-0.15, -0.1) is 0 Å². The van der Waals surface area contributed by atoms with Gasteiger partial charge in [0.15, 0.2) is 5.57 Å². The molecule has 0 aromatic rings. The summed E-state index contributed by atoms with van der Waals surface area (Å²) < 4.78 is 0. The Labute approximate surface area is 27.1 Å². The molecule has 0 saturated carbocycles. The Kier molecular flexibility index (Phi) is 0.937. The van der Waals surface area contributed by atoms with Gasteiger partial charge in [-0.3, -0.25) is 0 Å². The van der Waals surface area contributed by atoms with Crippen LogP contribution in [0.1, 0.15) is 13.8 Å². The molecular formula is C4H7+. The lowest BCUT2D eigenvalue weighted by Crippen LogP contribution is -1.44. The molecular weight excluding hydrogens is 48.0 g/mol. The fraction of sp³-hybridized carbons (Fsp3) is 0.500. The van der Waals surface area contributed by atoms with Crippen LogP contribution in [0.2, 0.25) is 0 Å². The predicted molar refractivity (Wildman–Crippen MR) is 19.2 cm³/mol. The molecule has 0 saturated heterocycles. The molecule has 0 atom stereocenters. The van der Waals surface area contributed by atoms with Crippen molar-refractivity contribution >= 4 is 0 Å². The molecule has 0 rings (SSSR count). The van der Waals surface area contributed by atoms with Crippen molar-refractivity contribution in [3.05, 3.63) is 12.2 Å². The first-order valence-electron chi connectivity index (χ1n) is 1.29. The van der Waals surface area contributed by atoms with Crippen LogP contribution in [0.5, 0.6) is 0 Å². The lowest BCUT2D eigenvalue weighted by molar-refractivity contribution is 1.41. The smallest absolute Gasteiger partial charge is 0.00595 e. The van der Waals surface area contributed by atoms with Crippen molar-refractivity contribution in [2.24, 2.45) is 0 Å². The minimum atomic E-state index is 0.917. The van der Waals surface area contributed by atoms with Gasteiger partial charge in [0.25, 0.3) is 0 Å². The van der Waals surface area contributed by atoms with Gasteiger partial charge in [-0.2, -0.15) is 0 Å². The first-order chi connectivity index (χ1) is 1.73. The molecule has 0 aliphatic heterocycles. The molecule has 0 aliphatic carbocycles. The largest absolute Gasteiger partial charge is 0.204 e. The third kappa shape index (κ3) is 5.69. The Morgan fingerprint density at radius 2 is 1.50 bits per heavy atom. The van der Waals surface area contributed by atoms with Crippen molar-refractivity contribution in [2.45, 2.75) is 13.8 Å². The summed E-state index contributed by atoms with van der Waals surface area (Å²) in [5, 5.41) is 0. The van der Waals surface area contributed by atoms with E-state index in [2.05, 4.69) is 0 Å². The Morgan fingerprint density at radius 1 is 1.50 bits per heavy atom. The van der Waals surface area contributed by atoms with Crippen LogP contribution in [-0.2, 0) is 0 Å². The molecule has 0 fully saturated rings. The highest BCUT2D eigenvalue weighted by molar-refractivity contribution is 4.74. The van der Waals surface area contributed by atoms with E-state index in [4.69, 9.17) is 6.58 Å². The average molecular weight is 55.1 g/mol. The second-order valence-corrected chi connectivity index (χ2v) is 1.08. The zero-order valence-corrected chi connectivity index (χ0v) is 3.08. The summed E-state index contributed by atoms with van der Waals surface area (Å²) in [7, 11) is 0. The van der Waals surface area contributed by atoms with E-state index in [1.165, 1.54) is 0 Å². The third-order valence-corrected chi connectivity index (χ3v) is 0. The molecule has 4 heavy (non-hydrogen) atoms. The van der Waals surface area contributed by atoms with Crippen molar-refractivity contribution in [3.63, 3.8) is 0 Å². The quantitative estimate of drug-likeness (QED) is 0.367. The molecule has 0 heterocycles. The van der Waals surface area contributed by atoms with Crippen LogP contribution in [-0.4, -0.2) is 0 Å². The fourth-order valence-corrected chi connectivity index (χ4v) is 0. The third-order valence-electron chi connectivity index (χ3n) is 0. The van der Waals surface area contributed by atoms with E-state index in [1.54, 1.807) is 0 Å². The molecule has 0 aromatic carbocycles. The summed E-state index contributed by atoms with van der Waals surface area (Å²) in [4.78, 5) is 0. The topological polar surface area (TPSA) is 0 Å². The van der Waals surface area contributed by atoms with E-state index in [-0.39, 0.29) is 0 Å². The van der Waals surface area contributed by atoms with Gasteiger partial charge in [0, 0.05) is 13.8 Å². The Bertz CT molecular complexity index is 23.0. The van der Waals surface area contributed by atoms with E-state index in [0.29, 0.717) is 0 Å². The van der Waals surface area contributed by atoms with Crippen molar-refractivity contribution in [1.29, 1.82) is 0 Å². The van der Waals surface area contributed by atoms with Gasteiger partial charge in [0.05, 0.1) is 0 Å². The van der Waals surface area contributed by atoms with Gasteiger partial charge in [-0.05, 0) is 0 Å².